The maximum absolute atomic E-state index is 6.16. The molecule has 0 aliphatic carbocycles. The van der Waals surface area contributed by atoms with Crippen LogP contribution < -0.4 is 5.32 Å². The van der Waals surface area contributed by atoms with Crippen LogP contribution in [0.1, 0.15) is 30.5 Å². The third-order valence-corrected chi connectivity index (χ3v) is 4.16. The average Bonchev–Trinajstić information content (AvgIpc) is 2.40. The molecular formula is C16H17BrClN. The number of rotatable bonds is 4. The third-order valence-electron chi connectivity index (χ3n) is 3.26. The summed E-state index contributed by atoms with van der Waals surface area (Å²) in [4.78, 5) is 0. The Labute approximate surface area is 128 Å². The van der Waals surface area contributed by atoms with Crippen LogP contribution in [0.2, 0.25) is 5.02 Å². The van der Waals surface area contributed by atoms with E-state index in [4.69, 9.17) is 11.6 Å². The van der Waals surface area contributed by atoms with Crippen molar-refractivity contribution in [3.63, 3.8) is 0 Å². The highest BCUT2D eigenvalue weighted by atomic mass is 79.9. The van der Waals surface area contributed by atoms with Gasteiger partial charge in [0.1, 0.15) is 0 Å². The fourth-order valence-electron chi connectivity index (χ4n) is 2.10. The van der Waals surface area contributed by atoms with Gasteiger partial charge in [-0.15, -0.1) is 0 Å². The molecule has 0 saturated heterocycles. The first kappa shape index (κ1) is 14.4. The second-order valence-corrected chi connectivity index (χ2v) is 5.90. The van der Waals surface area contributed by atoms with Crippen molar-refractivity contribution < 1.29 is 0 Å². The summed E-state index contributed by atoms with van der Waals surface area (Å²) in [6, 6.07) is 14.7. The summed E-state index contributed by atoms with van der Waals surface area (Å²) in [7, 11) is 0. The fourth-order valence-corrected chi connectivity index (χ4v) is 2.69. The average molecular weight is 339 g/mol. The summed E-state index contributed by atoms with van der Waals surface area (Å²) < 4.78 is 1.10. The molecule has 0 aliphatic heterocycles. The zero-order valence-electron chi connectivity index (χ0n) is 11.1. The summed E-state index contributed by atoms with van der Waals surface area (Å²) in [6.45, 7) is 4.22. The molecule has 3 heteroatoms. The van der Waals surface area contributed by atoms with Gasteiger partial charge in [0.25, 0.3) is 0 Å². The van der Waals surface area contributed by atoms with Crippen LogP contribution in [0.25, 0.3) is 0 Å². The standard InChI is InChI=1S/C16H17BrClN/c1-3-15(12-6-4-7-13(17)10-12)19-16-9-5-8-14(18)11(16)2/h4-10,15,19H,3H2,1-2H3. The van der Waals surface area contributed by atoms with Crippen LogP contribution in [-0.4, -0.2) is 0 Å². The van der Waals surface area contributed by atoms with Crippen molar-refractivity contribution in [2.45, 2.75) is 26.3 Å². The van der Waals surface area contributed by atoms with Gasteiger partial charge in [-0.05, 0) is 48.7 Å². The summed E-state index contributed by atoms with van der Waals surface area (Å²) in [5, 5.41) is 4.38. The van der Waals surface area contributed by atoms with Gasteiger partial charge in [0.05, 0.1) is 6.04 Å². The molecule has 1 N–H and O–H groups in total. The predicted octanol–water partition coefficient (Wildman–Crippen LogP) is 5.97. The zero-order valence-corrected chi connectivity index (χ0v) is 13.4. The molecule has 2 aromatic rings. The normalized spacial score (nSPS) is 12.2. The molecule has 0 spiro atoms. The minimum absolute atomic E-state index is 0.287. The van der Waals surface area contributed by atoms with Gasteiger partial charge < -0.3 is 5.32 Å². The summed E-state index contributed by atoms with van der Waals surface area (Å²) in [5.41, 5.74) is 3.47. The zero-order chi connectivity index (χ0) is 13.8. The van der Waals surface area contributed by atoms with Crippen molar-refractivity contribution in [2.75, 3.05) is 5.32 Å². The number of hydrogen-bond donors (Lipinski definition) is 1. The molecule has 0 amide bonds. The highest BCUT2D eigenvalue weighted by molar-refractivity contribution is 9.10. The summed E-state index contributed by atoms with van der Waals surface area (Å²) >= 11 is 9.69. The van der Waals surface area contributed by atoms with Gasteiger partial charge in [-0.3, -0.25) is 0 Å². The van der Waals surface area contributed by atoms with E-state index < -0.39 is 0 Å². The van der Waals surface area contributed by atoms with Gasteiger partial charge in [-0.25, -0.2) is 0 Å². The van der Waals surface area contributed by atoms with Crippen LogP contribution in [0.15, 0.2) is 46.9 Å². The molecule has 1 atom stereocenters. The Morgan fingerprint density at radius 3 is 2.63 bits per heavy atom. The molecule has 2 aromatic carbocycles. The Morgan fingerprint density at radius 2 is 1.95 bits per heavy atom. The lowest BCUT2D eigenvalue weighted by molar-refractivity contribution is 0.748. The molecule has 0 fully saturated rings. The van der Waals surface area contributed by atoms with Gasteiger partial charge >= 0.3 is 0 Å². The van der Waals surface area contributed by atoms with Crippen molar-refractivity contribution in [1.82, 2.24) is 0 Å². The maximum atomic E-state index is 6.16. The van der Waals surface area contributed by atoms with Gasteiger partial charge in [0.2, 0.25) is 0 Å². The lowest BCUT2D eigenvalue weighted by Gasteiger charge is -2.21. The molecule has 1 nitrogen and oxygen atoms in total. The molecule has 2 rings (SSSR count). The van der Waals surface area contributed by atoms with Crippen LogP contribution in [0.4, 0.5) is 5.69 Å². The third kappa shape index (κ3) is 3.52. The predicted molar refractivity (Wildman–Crippen MR) is 87.0 cm³/mol. The number of benzene rings is 2. The van der Waals surface area contributed by atoms with Crippen LogP contribution in [0, 0.1) is 6.92 Å². The van der Waals surface area contributed by atoms with E-state index in [2.05, 4.69) is 52.4 Å². The molecular weight excluding hydrogens is 322 g/mol. The SMILES string of the molecule is CCC(Nc1cccc(Cl)c1C)c1cccc(Br)c1. The van der Waals surface area contributed by atoms with E-state index >= 15 is 0 Å². The summed E-state index contributed by atoms with van der Waals surface area (Å²) in [6.07, 6.45) is 1.02. The number of hydrogen-bond acceptors (Lipinski definition) is 1. The van der Waals surface area contributed by atoms with Crippen molar-refractivity contribution in [2.24, 2.45) is 0 Å². The second-order valence-electron chi connectivity index (χ2n) is 4.57. The van der Waals surface area contributed by atoms with Crippen LogP contribution in [0.3, 0.4) is 0 Å². The molecule has 0 radical (unpaired) electrons. The lowest BCUT2D eigenvalue weighted by Crippen LogP contribution is -2.10. The van der Waals surface area contributed by atoms with Gasteiger partial charge in [-0.2, -0.15) is 0 Å². The molecule has 0 aliphatic rings. The van der Waals surface area contributed by atoms with E-state index in [1.54, 1.807) is 0 Å². The van der Waals surface area contributed by atoms with Crippen LogP contribution in [0.5, 0.6) is 0 Å². The molecule has 0 heterocycles. The van der Waals surface area contributed by atoms with Crippen molar-refractivity contribution in [1.29, 1.82) is 0 Å². The van der Waals surface area contributed by atoms with Gasteiger partial charge in [0.15, 0.2) is 0 Å². The number of anilines is 1. The largest absolute Gasteiger partial charge is 0.378 e. The smallest absolute Gasteiger partial charge is 0.0511 e. The Kier molecular flexibility index (Phi) is 4.89. The Hall–Kier alpha value is -0.990. The minimum Gasteiger partial charge on any atom is -0.378 e. The van der Waals surface area contributed by atoms with E-state index in [-0.39, 0.29) is 6.04 Å². The quantitative estimate of drug-likeness (QED) is 0.723. The molecule has 0 bridgehead atoms. The minimum atomic E-state index is 0.287. The first-order valence-corrected chi connectivity index (χ1v) is 7.56. The Morgan fingerprint density at radius 1 is 1.21 bits per heavy atom. The number of halogens is 2. The second kappa shape index (κ2) is 6.44. The van der Waals surface area contributed by atoms with Crippen LogP contribution in [-0.2, 0) is 0 Å². The van der Waals surface area contributed by atoms with E-state index in [1.165, 1.54) is 5.56 Å². The number of nitrogens with one attached hydrogen (secondary N) is 1. The lowest BCUT2D eigenvalue weighted by atomic mass is 10.0. The molecule has 1 unspecified atom stereocenters. The van der Waals surface area contributed by atoms with E-state index in [1.807, 2.05) is 25.1 Å². The molecule has 100 valence electrons. The summed E-state index contributed by atoms with van der Waals surface area (Å²) in [5.74, 6) is 0. The molecule has 0 saturated carbocycles. The maximum Gasteiger partial charge on any atom is 0.0511 e. The van der Waals surface area contributed by atoms with Gasteiger partial charge in [-0.1, -0.05) is 52.7 Å². The first-order valence-electron chi connectivity index (χ1n) is 6.39. The fraction of sp³-hybridized carbons (Fsp3) is 0.250. The van der Waals surface area contributed by atoms with Crippen LogP contribution >= 0.6 is 27.5 Å². The van der Waals surface area contributed by atoms with Crippen molar-refractivity contribution in [3.8, 4) is 0 Å². The van der Waals surface area contributed by atoms with Crippen molar-refractivity contribution >= 4 is 33.2 Å². The highest BCUT2D eigenvalue weighted by Crippen LogP contribution is 2.29. The van der Waals surface area contributed by atoms with E-state index in [9.17, 15) is 0 Å². The Bertz CT molecular complexity index is 568. The van der Waals surface area contributed by atoms with Crippen molar-refractivity contribution in [3.05, 3.63) is 63.1 Å². The topological polar surface area (TPSA) is 12.0 Å². The molecule has 19 heavy (non-hydrogen) atoms. The van der Waals surface area contributed by atoms with Gasteiger partial charge in [0, 0.05) is 15.2 Å². The first-order chi connectivity index (χ1) is 9.11. The monoisotopic (exact) mass is 337 g/mol. The molecule has 0 aromatic heterocycles. The van der Waals surface area contributed by atoms with E-state index in [0.29, 0.717) is 0 Å². The van der Waals surface area contributed by atoms with E-state index in [0.717, 1.165) is 27.2 Å². The highest BCUT2D eigenvalue weighted by Gasteiger charge is 2.11. The Balaban J connectivity index is 2.26.